The van der Waals surface area contributed by atoms with Crippen LogP contribution in [0.15, 0.2) is 12.4 Å². The van der Waals surface area contributed by atoms with Gasteiger partial charge in [-0.25, -0.2) is 0 Å². The van der Waals surface area contributed by atoms with E-state index in [-0.39, 0.29) is 17.9 Å². The lowest BCUT2D eigenvalue weighted by atomic mass is 9.95. The second-order valence-electron chi connectivity index (χ2n) is 5.41. The van der Waals surface area contributed by atoms with E-state index in [4.69, 9.17) is 4.74 Å². The SMILES string of the molecule is CCCCN(CC)C(=O)[C@H]1CCO[C@@H]1c1cnn(C)c1. The van der Waals surface area contributed by atoms with Gasteiger partial charge in [-0.1, -0.05) is 13.3 Å². The number of unbranched alkanes of at least 4 members (excludes halogenated alkanes) is 1. The molecule has 1 aromatic heterocycles. The summed E-state index contributed by atoms with van der Waals surface area (Å²) in [6.07, 6.45) is 6.59. The number of carbonyl (C=O) groups excluding carboxylic acids is 1. The summed E-state index contributed by atoms with van der Waals surface area (Å²) in [5, 5.41) is 4.18. The number of hydrogen-bond acceptors (Lipinski definition) is 3. The third-order valence-electron chi connectivity index (χ3n) is 3.94. The first-order chi connectivity index (χ1) is 9.67. The molecule has 1 fully saturated rings. The molecule has 2 atom stereocenters. The van der Waals surface area contributed by atoms with Crippen molar-refractivity contribution in [1.82, 2.24) is 14.7 Å². The van der Waals surface area contributed by atoms with Crippen LogP contribution >= 0.6 is 0 Å². The van der Waals surface area contributed by atoms with Crippen molar-refractivity contribution in [2.45, 2.75) is 39.2 Å². The van der Waals surface area contributed by atoms with Crippen molar-refractivity contribution >= 4 is 5.91 Å². The lowest BCUT2D eigenvalue weighted by Gasteiger charge is -2.26. The average Bonchev–Trinajstić information content (AvgIpc) is 3.07. The van der Waals surface area contributed by atoms with Crippen LogP contribution in [0.3, 0.4) is 0 Å². The zero-order valence-corrected chi connectivity index (χ0v) is 12.7. The van der Waals surface area contributed by atoms with Crippen molar-refractivity contribution in [3.63, 3.8) is 0 Å². The third-order valence-corrected chi connectivity index (χ3v) is 3.94. The molecule has 2 rings (SSSR count). The molecule has 0 aliphatic carbocycles. The zero-order valence-electron chi connectivity index (χ0n) is 12.7. The van der Waals surface area contributed by atoms with Gasteiger partial charge in [0.2, 0.25) is 5.91 Å². The third kappa shape index (κ3) is 3.20. The molecule has 0 aromatic carbocycles. The summed E-state index contributed by atoms with van der Waals surface area (Å²) in [6, 6.07) is 0. The van der Waals surface area contributed by atoms with Crippen molar-refractivity contribution in [1.29, 1.82) is 0 Å². The van der Waals surface area contributed by atoms with Gasteiger partial charge < -0.3 is 9.64 Å². The fourth-order valence-electron chi connectivity index (χ4n) is 2.77. The Morgan fingerprint density at radius 1 is 1.55 bits per heavy atom. The number of rotatable bonds is 6. The van der Waals surface area contributed by atoms with Gasteiger partial charge in [0.1, 0.15) is 0 Å². The molecule has 5 heteroatoms. The van der Waals surface area contributed by atoms with Gasteiger partial charge in [-0.05, 0) is 19.8 Å². The number of hydrogen-bond donors (Lipinski definition) is 0. The number of nitrogens with zero attached hydrogens (tertiary/aromatic N) is 3. The molecule has 0 N–H and O–H groups in total. The molecule has 0 saturated carbocycles. The van der Waals surface area contributed by atoms with Crippen molar-refractivity contribution in [2.75, 3.05) is 19.7 Å². The molecule has 1 aromatic rings. The molecule has 0 unspecified atom stereocenters. The minimum atomic E-state index is -0.133. The first kappa shape index (κ1) is 15.0. The van der Waals surface area contributed by atoms with Crippen molar-refractivity contribution in [3.8, 4) is 0 Å². The molecule has 1 saturated heterocycles. The van der Waals surface area contributed by atoms with Gasteiger partial charge in [0.15, 0.2) is 0 Å². The molecule has 5 nitrogen and oxygen atoms in total. The van der Waals surface area contributed by atoms with E-state index in [9.17, 15) is 4.79 Å². The maximum absolute atomic E-state index is 12.7. The van der Waals surface area contributed by atoms with Crippen LogP contribution in [-0.2, 0) is 16.6 Å². The van der Waals surface area contributed by atoms with Gasteiger partial charge in [-0.3, -0.25) is 9.48 Å². The molecule has 0 spiro atoms. The molecule has 20 heavy (non-hydrogen) atoms. The van der Waals surface area contributed by atoms with Gasteiger partial charge in [0.25, 0.3) is 0 Å². The van der Waals surface area contributed by atoms with Crippen LogP contribution in [0.5, 0.6) is 0 Å². The summed E-state index contributed by atoms with van der Waals surface area (Å²) in [5.41, 5.74) is 1.01. The minimum Gasteiger partial charge on any atom is -0.373 e. The molecule has 112 valence electrons. The van der Waals surface area contributed by atoms with E-state index < -0.39 is 0 Å². The van der Waals surface area contributed by atoms with Crippen molar-refractivity contribution < 1.29 is 9.53 Å². The molecule has 0 bridgehead atoms. The highest BCUT2D eigenvalue weighted by Gasteiger charge is 2.37. The number of aryl methyl sites for hydroxylation is 1. The highest BCUT2D eigenvalue weighted by Crippen LogP contribution is 2.35. The van der Waals surface area contributed by atoms with E-state index in [0.717, 1.165) is 37.9 Å². The van der Waals surface area contributed by atoms with E-state index in [1.807, 2.05) is 25.1 Å². The quantitative estimate of drug-likeness (QED) is 0.801. The number of aromatic nitrogens is 2. The molecule has 0 radical (unpaired) electrons. The molecule has 1 aliphatic heterocycles. The second kappa shape index (κ2) is 6.88. The lowest BCUT2D eigenvalue weighted by molar-refractivity contribution is -0.137. The average molecular weight is 279 g/mol. The maximum atomic E-state index is 12.7. The van der Waals surface area contributed by atoms with E-state index in [1.54, 1.807) is 10.9 Å². The zero-order chi connectivity index (χ0) is 14.5. The van der Waals surface area contributed by atoms with Crippen LogP contribution in [-0.4, -0.2) is 40.3 Å². The van der Waals surface area contributed by atoms with Crippen LogP contribution in [0.25, 0.3) is 0 Å². The normalized spacial score (nSPS) is 22.1. The Labute approximate surface area is 120 Å². The molecule has 2 heterocycles. The standard InChI is InChI=1S/C15H25N3O2/c1-4-6-8-18(5-2)15(19)13-7-9-20-14(13)12-10-16-17(3)11-12/h10-11,13-14H,4-9H2,1-3H3/t13-,14+/m0/s1. The monoisotopic (exact) mass is 279 g/mol. The highest BCUT2D eigenvalue weighted by atomic mass is 16.5. The Morgan fingerprint density at radius 3 is 2.95 bits per heavy atom. The Bertz CT molecular complexity index is 444. The largest absolute Gasteiger partial charge is 0.373 e. The van der Waals surface area contributed by atoms with Crippen LogP contribution in [0, 0.1) is 5.92 Å². The second-order valence-corrected chi connectivity index (χ2v) is 5.41. The summed E-state index contributed by atoms with van der Waals surface area (Å²) in [5.74, 6) is 0.170. The fourth-order valence-corrected chi connectivity index (χ4v) is 2.77. The van der Waals surface area contributed by atoms with E-state index in [0.29, 0.717) is 6.61 Å². The van der Waals surface area contributed by atoms with Gasteiger partial charge in [0, 0.05) is 38.5 Å². The van der Waals surface area contributed by atoms with Crippen LogP contribution < -0.4 is 0 Å². The molecule has 1 amide bonds. The number of carbonyl (C=O) groups is 1. The Balaban J connectivity index is 2.07. The highest BCUT2D eigenvalue weighted by molar-refractivity contribution is 5.80. The summed E-state index contributed by atoms with van der Waals surface area (Å²) < 4.78 is 7.54. The molecule has 1 aliphatic rings. The molecular formula is C15H25N3O2. The Morgan fingerprint density at radius 2 is 2.35 bits per heavy atom. The van der Waals surface area contributed by atoms with Crippen LogP contribution in [0.2, 0.25) is 0 Å². The predicted molar refractivity (Wildman–Crippen MR) is 77.2 cm³/mol. The van der Waals surface area contributed by atoms with Gasteiger partial charge >= 0.3 is 0 Å². The van der Waals surface area contributed by atoms with Crippen LogP contribution in [0.4, 0.5) is 0 Å². The fraction of sp³-hybridized carbons (Fsp3) is 0.733. The van der Waals surface area contributed by atoms with Gasteiger partial charge in [0.05, 0.1) is 18.2 Å². The summed E-state index contributed by atoms with van der Waals surface area (Å²) in [7, 11) is 1.88. The lowest BCUT2D eigenvalue weighted by Crippen LogP contribution is -2.37. The summed E-state index contributed by atoms with van der Waals surface area (Å²) >= 11 is 0. The molecular weight excluding hydrogens is 254 g/mol. The first-order valence-corrected chi connectivity index (χ1v) is 7.56. The van der Waals surface area contributed by atoms with E-state index in [2.05, 4.69) is 12.0 Å². The summed E-state index contributed by atoms with van der Waals surface area (Å²) in [6.45, 7) is 6.47. The number of ether oxygens (including phenoxy) is 1. The Kier molecular flexibility index (Phi) is 5.17. The Hall–Kier alpha value is -1.36. The van der Waals surface area contributed by atoms with Crippen molar-refractivity contribution in [2.24, 2.45) is 13.0 Å². The first-order valence-electron chi connectivity index (χ1n) is 7.56. The van der Waals surface area contributed by atoms with E-state index in [1.165, 1.54) is 0 Å². The topological polar surface area (TPSA) is 47.4 Å². The van der Waals surface area contributed by atoms with Crippen LogP contribution in [0.1, 0.15) is 44.8 Å². The minimum absolute atomic E-state index is 0.0593. The van der Waals surface area contributed by atoms with Gasteiger partial charge in [-0.2, -0.15) is 5.10 Å². The summed E-state index contributed by atoms with van der Waals surface area (Å²) in [4.78, 5) is 14.7. The maximum Gasteiger partial charge on any atom is 0.228 e. The van der Waals surface area contributed by atoms with Crippen molar-refractivity contribution in [3.05, 3.63) is 18.0 Å². The van der Waals surface area contributed by atoms with Gasteiger partial charge in [-0.15, -0.1) is 0 Å². The smallest absolute Gasteiger partial charge is 0.228 e. The number of amides is 1. The predicted octanol–water partition coefficient (Wildman–Crippen LogP) is 2.15. The van der Waals surface area contributed by atoms with E-state index >= 15 is 0 Å².